The molecule has 17 heavy (non-hydrogen) atoms. The first-order valence-electron chi connectivity index (χ1n) is 4.86. The van der Waals surface area contributed by atoms with E-state index in [1.165, 1.54) is 24.1 Å². The highest BCUT2D eigenvalue weighted by Gasteiger charge is 2.41. The maximum atomic E-state index is 12.9. The van der Waals surface area contributed by atoms with Gasteiger partial charge in [-0.05, 0) is 36.8 Å². The van der Waals surface area contributed by atoms with Gasteiger partial charge in [-0.15, -0.1) is 0 Å². The van der Waals surface area contributed by atoms with Gasteiger partial charge in [-0.25, -0.2) is 9.22 Å². The summed E-state index contributed by atoms with van der Waals surface area (Å²) >= 11 is 6.21. The smallest absolute Gasteiger partial charge is 0.172 e. The number of rotatable bonds is 2. The van der Waals surface area contributed by atoms with E-state index in [0.29, 0.717) is 0 Å². The van der Waals surface area contributed by atoms with Gasteiger partial charge in [-0.2, -0.15) is 5.10 Å². The summed E-state index contributed by atoms with van der Waals surface area (Å²) in [5.41, 5.74) is 7.15. The number of nitrogens with one attached hydrogen (secondary N) is 2. The molecule has 1 aromatic carbocycles. The molecule has 7 heteroatoms. The molecular formula is C10H11FN4S2. The third-order valence-corrected chi connectivity index (χ3v) is 3.70. The molecule has 0 aliphatic carbocycles. The van der Waals surface area contributed by atoms with E-state index >= 15 is 0 Å². The lowest BCUT2D eigenvalue weighted by Crippen LogP contribution is -2.49. The van der Waals surface area contributed by atoms with Crippen molar-refractivity contribution < 1.29 is 4.39 Å². The summed E-state index contributed by atoms with van der Waals surface area (Å²) in [7, 11) is 0. The Morgan fingerprint density at radius 2 is 2.18 bits per heavy atom. The molecule has 90 valence electrons. The second-order valence-electron chi connectivity index (χ2n) is 3.57. The molecule has 4 N–H and O–H groups in total. The third kappa shape index (κ3) is 2.20. The first-order valence-corrected chi connectivity index (χ1v) is 6.08. The van der Waals surface area contributed by atoms with Crippen molar-refractivity contribution in [2.45, 2.75) is 11.8 Å². The Morgan fingerprint density at radius 3 is 2.65 bits per heavy atom. The second kappa shape index (κ2) is 4.50. The van der Waals surface area contributed by atoms with Crippen LogP contribution in [0.4, 0.5) is 4.39 Å². The molecular weight excluding hydrogens is 259 g/mol. The van der Waals surface area contributed by atoms with Gasteiger partial charge in [0.05, 0.1) is 5.71 Å². The van der Waals surface area contributed by atoms with Gasteiger partial charge in [-0.1, -0.05) is 12.1 Å². The maximum Gasteiger partial charge on any atom is 0.172 e. The summed E-state index contributed by atoms with van der Waals surface area (Å²) in [6.45, 7) is 1.85. The van der Waals surface area contributed by atoms with Crippen molar-refractivity contribution in [3.8, 4) is 0 Å². The molecule has 1 unspecified atom stereocenters. The third-order valence-electron chi connectivity index (χ3n) is 2.47. The fourth-order valence-corrected chi connectivity index (χ4v) is 2.77. The Bertz CT molecular complexity index is 474. The maximum absolute atomic E-state index is 12.9. The number of hydrazone groups is 1. The molecule has 0 spiro atoms. The second-order valence-corrected chi connectivity index (χ2v) is 5.01. The Hall–Kier alpha value is -1.34. The number of nitrogens with zero attached hydrogens (tertiary/aromatic N) is 1. The van der Waals surface area contributed by atoms with E-state index in [4.69, 9.17) is 18.0 Å². The Labute approximate surface area is 108 Å². The molecule has 0 amide bonds. The van der Waals surface area contributed by atoms with Crippen molar-refractivity contribution in [1.82, 2.24) is 10.1 Å². The molecule has 0 radical (unpaired) electrons. The first-order chi connectivity index (χ1) is 8.04. The zero-order valence-electron chi connectivity index (χ0n) is 9.03. The van der Waals surface area contributed by atoms with Crippen LogP contribution in [0.2, 0.25) is 0 Å². The average molecular weight is 270 g/mol. The predicted octanol–water partition coefficient (Wildman–Crippen LogP) is 1.44. The van der Waals surface area contributed by atoms with Crippen LogP contribution in [-0.4, -0.2) is 10.8 Å². The van der Waals surface area contributed by atoms with Crippen molar-refractivity contribution in [1.29, 1.82) is 0 Å². The summed E-state index contributed by atoms with van der Waals surface area (Å²) in [5.74, 6) is -0.287. The van der Waals surface area contributed by atoms with Gasteiger partial charge >= 0.3 is 0 Å². The topological polar surface area (TPSA) is 62.4 Å². The van der Waals surface area contributed by atoms with Crippen LogP contribution in [0, 0.1) is 5.82 Å². The van der Waals surface area contributed by atoms with Crippen LogP contribution in [0.1, 0.15) is 12.5 Å². The largest absolute Gasteiger partial charge is 0.376 e. The van der Waals surface area contributed by atoms with E-state index < -0.39 is 4.87 Å². The van der Waals surface area contributed by atoms with E-state index in [9.17, 15) is 4.39 Å². The van der Waals surface area contributed by atoms with Crippen LogP contribution < -0.4 is 15.9 Å². The zero-order chi connectivity index (χ0) is 12.5. The van der Waals surface area contributed by atoms with Gasteiger partial charge in [0.2, 0.25) is 0 Å². The number of nitrogens with two attached hydrogens (primary N) is 1. The van der Waals surface area contributed by atoms with Crippen LogP contribution in [0.15, 0.2) is 29.4 Å². The number of benzene rings is 1. The van der Waals surface area contributed by atoms with Gasteiger partial charge < -0.3 is 11.1 Å². The molecule has 1 heterocycles. The van der Waals surface area contributed by atoms with E-state index in [2.05, 4.69) is 15.2 Å². The summed E-state index contributed by atoms with van der Waals surface area (Å²) in [6, 6.07) is 6.15. The van der Waals surface area contributed by atoms with Crippen molar-refractivity contribution in [2.75, 3.05) is 0 Å². The van der Waals surface area contributed by atoms with Crippen molar-refractivity contribution >= 4 is 35.0 Å². The average Bonchev–Trinajstić information content (AvgIpc) is 2.61. The number of hydrogen-bond donors (Lipinski definition) is 3. The Morgan fingerprint density at radius 1 is 1.53 bits per heavy atom. The van der Waals surface area contributed by atoms with E-state index in [-0.39, 0.29) is 10.9 Å². The van der Waals surface area contributed by atoms with Crippen LogP contribution in [0.5, 0.6) is 0 Å². The van der Waals surface area contributed by atoms with Gasteiger partial charge in [0.1, 0.15) is 5.82 Å². The molecule has 1 aliphatic heterocycles. The Kier molecular flexibility index (Phi) is 3.21. The summed E-state index contributed by atoms with van der Waals surface area (Å²) in [4.78, 5) is 2.15. The van der Waals surface area contributed by atoms with Crippen LogP contribution in [0.25, 0.3) is 0 Å². The van der Waals surface area contributed by atoms with Crippen molar-refractivity contribution in [3.63, 3.8) is 0 Å². The lowest BCUT2D eigenvalue weighted by atomic mass is 10.0. The molecule has 0 aromatic heterocycles. The highest BCUT2D eigenvalue weighted by molar-refractivity contribution is 7.99. The summed E-state index contributed by atoms with van der Waals surface area (Å²) in [6.07, 6.45) is 0. The first kappa shape index (κ1) is 12.1. The highest BCUT2D eigenvalue weighted by Crippen LogP contribution is 2.37. The minimum atomic E-state index is -0.667. The van der Waals surface area contributed by atoms with E-state index in [1.54, 1.807) is 12.1 Å². The molecule has 1 aliphatic rings. The lowest BCUT2D eigenvalue weighted by Gasteiger charge is -2.29. The molecule has 0 saturated heterocycles. The zero-order valence-corrected chi connectivity index (χ0v) is 10.7. The molecule has 2 rings (SSSR count). The van der Waals surface area contributed by atoms with Crippen molar-refractivity contribution in [2.24, 2.45) is 10.8 Å². The SMILES string of the molecule is CC1=NNSC1(NC(N)=S)c1ccc(F)cc1. The van der Waals surface area contributed by atoms with Gasteiger partial charge in [0.15, 0.2) is 9.98 Å². The number of thiocarbonyl (C=S) groups is 1. The summed E-state index contributed by atoms with van der Waals surface area (Å²) < 4.78 is 12.9. The van der Waals surface area contributed by atoms with Gasteiger partial charge in [-0.3, -0.25) is 0 Å². The molecule has 1 aromatic rings. The lowest BCUT2D eigenvalue weighted by molar-refractivity contribution is 0.625. The number of hydrogen-bond acceptors (Lipinski definition) is 4. The normalized spacial score (nSPS) is 22.8. The van der Waals surface area contributed by atoms with Gasteiger partial charge in [0.25, 0.3) is 0 Å². The molecule has 0 saturated carbocycles. The van der Waals surface area contributed by atoms with Crippen LogP contribution in [-0.2, 0) is 4.87 Å². The van der Waals surface area contributed by atoms with Crippen LogP contribution in [0.3, 0.4) is 0 Å². The molecule has 0 fully saturated rings. The summed E-state index contributed by atoms with van der Waals surface area (Å²) in [5, 5.41) is 7.26. The molecule has 0 bridgehead atoms. The van der Waals surface area contributed by atoms with E-state index in [0.717, 1.165) is 11.3 Å². The quantitative estimate of drug-likeness (QED) is 0.561. The monoisotopic (exact) mass is 270 g/mol. The molecule has 1 atom stereocenters. The highest BCUT2D eigenvalue weighted by atomic mass is 32.2. The van der Waals surface area contributed by atoms with Crippen molar-refractivity contribution in [3.05, 3.63) is 35.6 Å². The fraction of sp³-hybridized carbons (Fsp3) is 0.200. The minimum Gasteiger partial charge on any atom is -0.376 e. The minimum absolute atomic E-state index is 0.167. The Balaban J connectivity index is 2.44. The number of halogens is 1. The van der Waals surface area contributed by atoms with Gasteiger partial charge in [0, 0.05) is 11.9 Å². The molecule has 4 nitrogen and oxygen atoms in total. The standard InChI is InChI=1S/C10H11FN4S2/c1-6-10(13-9(12)16,17-15-14-6)7-2-4-8(11)5-3-7/h2-5,15H,1H3,(H3,12,13,16). The fourth-order valence-electron chi connectivity index (χ4n) is 1.63. The van der Waals surface area contributed by atoms with Crippen LogP contribution >= 0.6 is 24.2 Å². The predicted molar refractivity (Wildman–Crippen MR) is 71.8 cm³/mol. The van der Waals surface area contributed by atoms with E-state index in [1.807, 2.05) is 6.92 Å².